The maximum atomic E-state index is 11.8. The van der Waals surface area contributed by atoms with E-state index in [9.17, 15) is 14.4 Å². The number of nitrogens with two attached hydrogens (primary N) is 1. The fraction of sp³-hybridized carbons (Fsp3) is 0.333. The molecule has 8 nitrogen and oxygen atoms in total. The number of hydrazone groups is 1. The van der Waals surface area contributed by atoms with Crippen molar-refractivity contribution >= 4 is 29.2 Å². The Hall–Kier alpha value is -2.74. The van der Waals surface area contributed by atoms with Gasteiger partial charge in [-0.05, 0) is 17.7 Å². The number of benzene rings is 1. The van der Waals surface area contributed by atoms with Gasteiger partial charge in [0.15, 0.2) is 0 Å². The van der Waals surface area contributed by atoms with Crippen molar-refractivity contribution in [3.05, 3.63) is 29.8 Å². The van der Waals surface area contributed by atoms with Gasteiger partial charge < -0.3 is 16.2 Å². The van der Waals surface area contributed by atoms with Crippen LogP contribution in [0.25, 0.3) is 0 Å². The van der Waals surface area contributed by atoms with Gasteiger partial charge in [0.1, 0.15) is 0 Å². The Bertz CT molecular complexity index is 654. The first-order valence-corrected chi connectivity index (χ1v) is 7.12. The number of amides is 2. The second-order valence-corrected chi connectivity index (χ2v) is 5.41. The first-order valence-electron chi connectivity index (χ1n) is 7.12. The Morgan fingerprint density at radius 3 is 2.65 bits per heavy atom. The predicted octanol–water partition coefficient (Wildman–Crippen LogP) is 0.287. The second-order valence-electron chi connectivity index (χ2n) is 5.41. The average molecular weight is 318 g/mol. The highest BCUT2D eigenvalue weighted by atomic mass is 16.4. The van der Waals surface area contributed by atoms with Crippen LogP contribution in [0.1, 0.15) is 25.3 Å². The number of hydrogen-bond acceptors (Lipinski definition) is 5. The number of carbonyl (C=O) groups is 3. The molecule has 0 saturated carbocycles. The molecule has 2 rings (SSSR count). The lowest BCUT2D eigenvalue weighted by Gasteiger charge is -2.19. The number of hydrogen-bond donors (Lipinski definition) is 4. The van der Waals surface area contributed by atoms with Crippen molar-refractivity contribution in [1.29, 1.82) is 0 Å². The summed E-state index contributed by atoms with van der Waals surface area (Å²) in [4.78, 5) is 33.5. The van der Waals surface area contributed by atoms with Gasteiger partial charge in [-0.1, -0.05) is 19.1 Å². The Kier molecular flexibility index (Phi) is 5.07. The molecule has 0 bridgehead atoms. The Labute approximate surface area is 132 Å². The zero-order valence-corrected chi connectivity index (χ0v) is 12.6. The average Bonchev–Trinajstić information content (AvgIpc) is 2.47. The van der Waals surface area contributed by atoms with Crippen molar-refractivity contribution < 1.29 is 19.5 Å². The van der Waals surface area contributed by atoms with Gasteiger partial charge in [0.25, 0.3) is 0 Å². The molecule has 1 aliphatic rings. The maximum absolute atomic E-state index is 11.8. The van der Waals surface area contributed by atoms with Gasteiger partial charge in [0.05, 0.1) is 18.2 Å². The molecule has 0 aromatic heterocycles. The SMILES string of the molecule is CC1CC(=O)NN=C1c1ccc(NC(=O)[C@H](N)CC(=O)O)cc1. The third-order valence-electron chi connectivity index (χ3n) is 3.44. The van der Waals surface area contributed by atoms with Gasteiger partial charge in [-0.15, -0.1) is 0 Å². The molecule has 2 amide bonds. The van der Waals surface area contributed by atoms with Crippen molar-refractivity contribution in [2.24, 2.45) is 16.8 Å². The predicted molar refractivity (Wildman–Crippen MR) is 83.8 cm³/mol. The molecule has 1 aliphatic heterocycles. The summed E-state index contributed by atoms with van der Waals surface area (Å²) in [5.41, 5.74) is 10.1. The number of carboxylic acids is 1. The van der Waals surface area contributed by atoms with Crippen molar-refractivity contribution in [1.82, 2.24) is 5.43 Å². The number of rotatable bonds is 5. The highest BCUT2D eigenvalue weighted by Crippen LogP contribution is 2.18. The fourth-order valence-electron chi connectivity index (χ4n) is 2.24. The summed E-state index contributed by atoms with van der Waals surface area (Å²) in [5, 5.41) is 15.2. The van der Waals surface area contributed by atoms with E-state index in [1.165, 1.54) is 0 Å². The summed E-state index contributed by atoms with van der Waals surface area (Å²) < 4.78 is 0. The number of carboxylic acid groups (broad SMARTS) is 1. The smallest absolute Gasteiger partial charge is 0.305 e. The molecule has 0 aliphatic carbocycles. The van der Waals surface area contributed by atoms with E-state index in [0.717, 1.165) is 11.3 Å². The van der Waals surface area contributed by atoms with E-state index in [1.54, 1.807) is 24.3 Å². The second kappa shape index (κ2) is 7.01. The van der Waals surface area contributed by atoms with Gasteiger partial charge in [-0.3, -0.25) is 14.4 Å². The lowest BCUT2D eigenvalue weighted by atomic mass is 9.94. The van der Waals surface area contributed by atoms with Crippen LogP contribution < -0.4 is 16.5 Å². The van der Waals surface area contributed by atoms with Crippen LogP contribution in [0.3, 0.4) is 0 Å². The van der Waals surface area contributed by atoms with Gasteiger partial charge >= 0.3 is 5.97 Å². The summed E-state index contributed by atoms with van der Waals surface area (Å²) in [5.74, 6) is -1.80. The Balaban J connectivity index is 2.04. The third kappa shape index (κ3) is 4.36. The molecule has 2 atom stereocenters. The van der Waals surface area contributed by atoms with Crippen molar-refractivity contribution in [2.45, 2.75) is 25.8 Å². The zero-order valence-electron chi connectivity index (χ0n) is 12.6. The lowest BCUT2D eigenvalue weighted by molar-refractivity contribution is -0.138. The monoisotopic (exact) mass is 318 g/mol. The number of anilines is 1. The van der Waals surface area contributed by atoms with E-state index in [2.05, 4.69) is 15.8 Å². The summed E-state index contributed by atoms with van der Waals surface area (Å²) in [7, 11) is 0. The molecule has 0 spiro atoms. The highest BCUT2D eigenvalue weighted by molar-refractivity contribution is 6.06. The quantitative estimate of drug-likeness (QED) is 0.619. The fourth-order valence-corrected chi connectivity index (χ4v) is 2.24. The molecule has 5 N–H and O–H groups in total. The molecule has 0 saturated heterocycles. The minimum atomic E-state index is -1.13. The van der Waals surface area contributed by atoms with Crippen molar-refractivity contribution in [2.75, 3.05) is 5.32 Å². The van der Waals surface area contributed by atoms with Crippen LogP contribution in [0.4, 0.5) is 5.69 Å². The van der Waals surface area contributed by atoms with Crippen LogP contribution >= 0.6 is 0 Å². The van der Waals surface area contributed by atoms with Crippen LogP contribution in [-0.2, 0) is 14.4 Å². The number of nitrogens with one attached hydrogen (secondary N) is 2. The van der Waals surface area contributed by atoms with E-state index in [0.29, 0.717) is 12.1 Å². The molecule has 0 radical (unpaired) electrons. The van der Waals surface area contributed by atoms with Crippen molar-refractivity contribution in [3.8, 4) is 0 Å². The molecule has 1 aromatic carbocycles. The van der Waals surface area contributed by atoms with E-state index in [-0.39, 0.29) is 11.8 Å². The van der Waals surface area contributed by atoms with Crippen LogP contribution in [0, 0.1) is 5.92 Å². The zero-order chi connectivity index (χ0) is 17.0. The Morgan fingerprint density at radius 2 is 2.09 bits per heavy atom. The number of aliphatic carboxylic acids is 1. The summed E-state index contributed by atoms with van der Waals surface area (Å²) in [6.07, 6.45) is -0.0563. The van der Waals surface area contributed by atoms with E-state index < -0.39 is 24.3 Å². The van der Waals surface area contributed by atoms with Gasteiger partial charge in [-0.2, -0.15) is 5.10 Å². The molecule has 1 unspecified atom stereocenters. The van der Waals surface area contributed by atoms with E-state index in [1.807, 2.05) is 6.92 Å². The van der Waals surface area contributed by atoms with E-state index in [4.69, 9.17) is 10.8 Å². The van der Waals surface area contributed by atoms with Crippen molar-refractivity contribution in [3.63, 3.8) is 0 Å². The molecule has 23 heavy (non-hydrogen) atoms. The first-order chi connectivity index (χ1) is 10.9. The van der Waals surface area contributed by atoms with Gasteiger partial charge in [0, 0.05) is 18.0 Å². The molecule has 0 fully saturated rings. The minimum Gasteiger partial charge on any atom is -0.481 e. The summed E-state index contributed by atoms with van der Waals surface area (Å²) in [6.45, 7) is 1.91. The van der Waals surface area contributed by atoms with Crippen LogP contribution in [0.15, 0.2) is 29.4 Å². The highest BCUT2D eigenvalue weighted by Gasteiger charge is 2.21. The summed E-state index contributed by atoms with van der Waals surface area (Å²) >= 11 is 0. The standard InChI is InChI=1S/C15H18N4O4/c1-8-6-12(20)18-19-14(8)9-2-4-10(5-3-9)17-15(23)11(16)7-13(21)22/h2-5,8,11H,6-7,16H2,1H3,(H,17,23)(H,18,20)(H,21,22)/t8?,11-/m1/s1. The molecular formula is C15H18N4O4. The van der Waals surface area contributed by atoms with Crippen LogP contribution in [0.2, 0.25) is 0 Å². The maximum Gasteiger partial charge on any atom is 0.305 e. The molecule has 1 aromatic rings. The number of carbonyl (C=O) groups excluding carboxylic acids is 2. The van der Waals surface area contributed by atoms with Crippen LogP contribution in [0.5, 0.6) is 0 Å². The van der Waals surface area contributed by atoms with E-state index >= 15 is 0 Å². The van der Waals surface area contributed by atoms with Gasteiger partial charge in [-0.25, -0.2) is 5.43 Å². The lowest BCUT2D eigenvalue weighted by Crippen LogP contribution is -2.37. The van der Waals surface area contributed by atoms with Crippen LogP contribution in [-0.4, -0.2) is 34.6 Å². The number of nitrogens with zero attached hydrogens (tertiary/aromatic N) is 1. The summed E-state index contributed by atoms with van der Waals surface area (Å²) in [6, 6.07) is 5.78. The topological polar surface area (TPSA) is 134 Å². The first kappa shape index (κ1) is 16.6. The normalized spacial score (nSPS) is 18.6. The molecule has 1 heterocycles. The van der Waals surface area contributed by atoms with Gasteiger partial charge in [0.2, 0.25) is 11.8 Å². The largest absolute Gasteiger partial charge is 0.481 e. The molecule has 122 valence electrons. The molecule has 8 heteroatoms. The third-order valence-corrected chi connectivity index (χ3v) is 3.44. The Morgan fingerprint density at radius 1 is 1.43 bits per heavy atom. The minimum absolute atomic E-state index is 0.00757. The molecular weight excluding hydrogens is 300 g/mol.